The lowest BCUT2D eigenvalue weighted by molar-refractivity contribution is 0.0689. The van der Waals surface area contributed by atoms with Gasteiger partial charge in [0.1, 0.15) is 17.3 Å². The molecule has 0 spiro atoms. The number of aromatic nitrogens is 2. The van der Waals surface area contributed by atoms with E-state index in [-0.39, 0.29) is 17.2 Å². The lowest BCUT2D eigenvalue weighted by Gasteiger charge is -2.03. The van der Waals surface area contributed by atoms with Crippen LogP contribution in [0, 0.1) is 0 Å². The molecule has 0 aliphatic heterocycles. The maximum absolute atomic E-state index is 13.1. The quantitative estimate of drug-likeness (QED) is 0.923. The van der Waals surface area contributed by atoms with Crippen molar-refractivity contribution in [1.82, 2.24) is 9.55 Å². The third-order valence-electron chi connectivity index (χ3n) is 2.68. The van der Waals surface area contributed by atoms with Crippen molar-refractivity contribution in [3.63, 3.8) is 0 Å². The molecular weight excluding hydrogens is 259 g/mol. The molecule has 0 aliphatic rings. The second-order valence-corrected chi connectivity index (χ2v) is 4.13. The first-order valence-electron chi connectivity index (χ1n) is 5.92. The molecule has 0 saturated heterocycles. The van der Waals surface area contributed by atoms with Gasteiger partial charge in [0, 0.05) is 11.8 Å². The molecule has 0 unspecified atom stereocenters. The normalized spacial score (nSPS) is 11.4. The molecule has 2 rings (SSSR count). The number of carboxylic acids is 1. The lowest BCUT2D eigenvalue weighted by Crippen LogP contribution is -2.06. The second-order valence-electron chi connectivity index (χ2n) is 4.13. The van der Waals surface area contributed by atoms with E-state index in [0.717, 1.165) is 6.20 Å². The van der Waals surface area contributed by atoms with Gasteiger partial charge < -0.3 is 5.11 Å². The summed E-state index contributed by atoms with van der Waals surface area (Å²) < 4.78 is 14.3. The number of halogens is 1. The van der Waals surface area contributed by atoms with Crippen LogP contribution in [0.15, 0.2) is 42.7 Å². The number of aromatic carboxylic acids is 1. The van der Waals surface area contributed by atoms with Gasteiger partial charge in [-0.3, -0.25) is 4.57 Å². The van der Waals surface area contributed by atoms with E-state index in [0.29, 0.717) is 5.56 Å². The zero-order chi connectivity index (χ0) is 14.7. The summed E-state index contributed by atoms with van der Waals surface area (Å²) in [6.07, 6.45) is 2.47. The summed E-state index contributed by atoms with van der Waals surface area (Å²) in [5.41, 5.74) is 0.838. The molecule has 0 saturated carbocycles. The molecule has 5 heteroatoms. The number of carboxylic acid groups (broad SMARTS) is 1. The Hall–Kier alpha value is -2.69. The summed E-state index contributed by atoms with van der Waals surface area (Å²) in [5.74, 6) is -1.42. The van der Waals surface area contributed by atoms with Gasteiger partial charge in [0.15, 0.2) is 5.69 Å². The molecule has 0 amide bonds. The topological polar surface area (TPSA) is 55.1 Å². The largest absolute Gasteiger partial charge is 0.476 e. The summed E-state index contributed by atoms with van der Waals surface area (Å²) in [6.45, 7) is 4.82. The van der Waals surface area contributed by atoms with E-state index in [1.54, 1.807) is 24.3 Å². The lowest BCUT2D eigenvalue weighted by atomic mass is 10.1. The first-order valence-corrected chi connectivity index (χ1v) is 5.92. The van der Waals surface area contributed by atoms with Crippen LogP contribution in [0.4, 0.5) is 4.39 Å². The van der Waals surface area contributed by atoms with Crippen molar-refractivity contribution in [3.05, 3.63) is 54.3 Å². The van der Waals surface area contributed by atoms with E-state index in [9.17, 15) is 14.3 Å². The highest BCUT2D eigenvalue weighted by Crippen LogP contribution is 2.25. The van der Waals surface area contributed by atoms with Crippen molar-refractivity contribution in [2.75, 3.05) is 0 Å². The molecule has 2 aromatic rings. The first-order chi connectivity index (χ1) is 9.54. The van der Waals surface area contributed by atoms with Crippen LogP contribution >= 0.6 is 0 Å². The Morgan fingerprint density at radius 2 is 2.05 bits per heavy atom. The summed E-state index contributed by atoms with van der Waals surface area (Å²) in [5, 5.41) is 9.38. The Labute approximate surface area is 115 Å². The van der Waals surface area contributed by atoms with Crippen LogP contribution in [0.3, 0.4) is 0 Å². The Balaban J connectivity index is 2.76. The van der Waals surface area contributed by atoms with Crippen molar-refractivity contribution < 1.29 is 14.3 Å². The molecule has 0 bridgehead atoms. The maximum atomic E-state index is 13.1. The molecule has 1 heterocycles. The number of imidazole rings is 1. The minimum atomic E-state index is -1.18. The molecule has 4 nitrogen and oxygen atoms in total. The molecule has 0 aliphatic carbocycles. The molecule has 20 heavy (non-hydrogen) atoms. The van der Waals surface area contributed by atoms with Crippen LogP contribution in [-0.2, 0) is 0 Å². The van der Waals surface area contributed by atoms with Crippen molar-refractivity contribution in [2.45, 2.75) is 6.92 Å². The SMILES string of the molecule is C=Cc1nc(-c2ccccc2)c(C(=O)O)n1/C=C(\C)F. The zero-order valence-corrected chi connectivity index (χ0v) is 10.9. The van der Waals surface area contributed by atoms with Crippen LogP contribution in [0.25, 0.3) is 23.5 Å². The van der Waals surface area contributed by atoms with Crippen LogP contribution < -0.4 is 0 Å². The highest BCUT2D eigenvalue weighted by atomic mass is 19.1. The Morgan fingerprint density at radius 3 is 2.55 bits per heavy atom. The summed E-state index contributed by atoms with van der Waals surface area (Å²) in [4.78, 5) is 15.7. The average Bonchev–Trinajstić information content (AvgIpc) is 2.77. The third kappa shape index (κ3) is 2.51. The van der Waals surface area contributed by atoms with E-state index in [1.165, 1.54) is 17.6 Å². The Morgan fingerprint density at radius 1 is 1.40 bits per heavy atom. The number of allylic oxidation sites excluding steroid dienone is 1. The number of carbonyl (C=O) groups is 1. The number of nitrogens with zero attached hydrogens (tertiary/aromatic N) is 2. The fourth-order valence-corrected chi connectivity index (χ4v) is 1.90. The maximum Gasteiger partial charge on any atom is 0.355 e. The molecule has 1 aromatic carbocycles. The molecule has 1 N–H and O–H groups in total. The average molecular weight is 272 g/mol. The van der Waals surface area contributed by atoms with Crippen molar-refractivity contribution in [3.8, 4) is 11.3 Å². The van der Waals surface area contributed by atoms with Crippen molar-refractivity contribution >= 4 is 18.2 Å². The molecule has 102 valence electrons. The zero-order valence-electron chi connectivity index (χ0n) is 10.9. The monoisotopic (exact) mass is 272 g/mol. The second kappa shape index (κ2) is 5.52. The Kier molecular flexibility index (Phi) is 3.79. The number of hydrogen-bond acceptors (Lipinski definition) is 2. The van der Waals surface area contributed by atoms with Crippen LogP contribution in [0.1, 0.15) is 23.2 Å². The van der Waals surface area contributed by atoms with Crippen molar-refractivity contribution in [2.24, 2.45) is 0 Å². The first kappa shape index (κ1) is 13.7. The van der Waals surface area contributed by atoms with Gasteiger partial charge in [0.2, 0.25) is 0 Å². The highest BCUT2D eigenvalue weighted by molar-refractivity contribution is 5.94. The predicted octanol–water partition coefficient (Wildman–Crippen LogP) is 3.68. The summed E-state index contributed by atoms with van der Waals surface area (Å²) >= 11 is 0. The van der Waals surface area contributed by atoms with Gasteiger partial charge in [-0.2, -0.15) is 0 Å². The summed E-state index contributed by atoms with van der Waals surface area (Å²) in [7, 11) is 0. The van der Waals surface area contributed by atoms with E-state index in [2.05, 4.69) is 11.6 Å². The fraction of sp³-hybridized carbons (Fsp3) is 0.0667. The smallest absolute Gasteiger partial charge is 0.355 e. The van der Waals surface area contributed by atoms with E-state index in [1.807, 2.05) is 6.07 Å². The van der Waals surface area contributed by atoms with Gasteiger partial charge in [0.25, 0.3) is 0 Å². The van der Waals surface area contributed by atoms with E-state index in [4.69, 9.17) is 0 Å². The van der Waals surface area contributed by atoms with Crippen LogP contribution in [0.5, 0.6) is 0 Å². The number of hydrogen-bond donors (Lipinski definition) is 1. The van der Waals surface area contributed by atoms with Gasteiger partial charge in [-0.1, -0.05) is 36.9 Å². The third-order valence-corrected chi connectivity index (χ3v) is 2.68. The van der Waals surface area contributed by atoms with E-state index < -0.39 is 11.8 Å². The Bertz CT molecular complexity index is 683. The van der Waals surface area contributed by atoms with Crippen molar-refractivity contribution in [1.29, 1.82) is 0 Å². The standard InChI is InChI=1S/C15H13FN2O2/c1-3-12-17-13(11-7-5-4-6-8-11)14(15(19)20)18(12)9-10(2)16/h3-9H,1H2,2H3,(H,19,20)/b10-9+. The molecule has 0 radical (unpaired) electrons. The number of rotatable bonds is 4. The number of benzene rings is 1. The summed E-state index contributed by atoms with van der Waals surface area (Å²) in [6, 6.07) is 8.88. The molecular formula is C15H13FN2O2. The van der Waals surface area contributed by atoms with Crippen LogP contribution in [0.2, 0.25) is 0 Å². The van der Waals surface area contributed by atoms with Crippen LogP contribution in [-0.4, -0.2) is 20.6 Å². The van der Waals surface area contributed by atoms with Gasteiger partial charge in [0.05, 0.1) is 0 Å². The predicted molar refractivity (Wildman–Crippen MR) is 75.8 cm³/mol. The van der Waals surface area contributed by atoms with E-state index >= 15 is 0 Å². The highest BCUT2D eigenvalue weighted by Gasteiger charge is 2.21. The van der Waals surface area contributed by atoms with Gasteiger partial charge in [-0.05, 0) is 13.0 Å². The van der Waals surface area contributed by atoms with Gasteiger partial charge >= 0.3 is 5.97 Å². The van der Waals surface area contributed by atoms with Gasteiger partial charge in [-0.15, -0.1) is 0 Å². The molecule has 0 fully saturated rings. The molecule has 0 atom stereocenters. The minimum Gasteiger partial charge on any atom is -0.476 e. The fourth-order valence-electron chi connectivity index (χ4n) is 1.90. The molecule has 1 aromatic heterocycles. The van der Waals surface area contributed by atoms with Gasteiger partial charge in [-0.25, -0.2) is 14.2 Å². The minimum absolute atomic E-state index is 0.0944.